The van der Waals surface area contributed by atoms with Gasteiger partial charge >= 0.3 is 12.1 Å². The Balaban J connectivity index is 2.53. The summed E-state index contributed by atoms with van der Waals surface area (Å²) in [6.07, 6.45) is 0.636. The number of primary amides is 1. The summed E-state index contributed by atoms with van der Waals surface area (Å²) in [7, 11) is 0. The molecule has 0 aliphatic carbocycles. The monoisotopic (exact) mass is 287 g/mol. The van der Waals surface area contributed by atoms with E-state index in [2.05, 4.69) is 5.48 Å². The van der Waals surface area contributed by atoms with Crippen LogP contribution in [0.2, 0.25) is 0 Å². The van der Waals surface area contributed by atoms with Gasteiger partial charge in [-0.3, -0.25) is 9.69 Å². The van der Waals surface area contributed by atoms with Gasteiger partial charge in [0.1, 0.15) is 18.2 Å². The fraction of sp³-hybridized carbons (Fsp3) is 0.750. The van der Waals surface area contributed by atoms with Crippen molar-refractivity contribution in [3.63, 3.8) is 0 Å². The Morgan fingerprint density at radius 1 is 1.35 bits per heavy atom. The Morgan fingerprint density at radius 2 is 2.00 bits per heavy atom. The highest BCUT2D eigenvalue weighted by atomic mass is 16.7. The minimum atomic E-state index is -0.703. The Hall–Kier alpha value is -1.83. The van der Waals surface area contributed by atoms with Crippen LogP contribution in [-0.4, -0.2) is 47.6 Å². The third-order valence-electron chi connectivity index (χ3n) is 2.57. The molecule has 1 fully saturated rings. The number of amides is 2. The van der Waals surface area contributed by atoms with Gasteiger partial charge in [-0.1, -0.05) is 0 Å². The third kappa shape index (κ3) is 5.04. The molecule has 1 heterocycles. The first-order valence-electron chi connectivity index (χ1n) is 6.42. The first-order valence-corrected chi connectivity index (χ1v) is 6.42. The first kappa shape index (κ1) is 16.2. The molecule has 8 heteroatoms. The van der Waals surface area contributed by atoms with Crippen molar-refractivity contribution in [2.75, 3.05) is 13.1 Å². The topological polar surface area (TPSA) is 111 Å². The lowest BCUT2D eigenvalue weighted by molar-refractivity contribution is -0.156. The SMILES string of the molecule is CC(C)(C)OC(=O)N1CCC[C@@H]1C(=O)ONCC(N)=O. The molecule has 0 aromatic heterocycles. The number of hydrogen-bond donors (Lipinski definition) is 2. The average Bonchev–Trinajstić information content (AvgIpc) is 2.74. The Kier molecular flexibility index (Phi) is 5.32. The van der Waals surface area contributed by atoms with E-state index in [-0.39, 0.29) is 6.54 Å². The summed E-state index contributed by atoms with van der Waals surface area (Å²) in [5.41, 5.74) is 6.44. The van der Waals surface area contributed by atoms with Crippen LogP contribution in [0.15, 0.2) is 0 Å². The van der Waals surface area contributed by atoms with E-state index >= 15 is 0 Å². The van der Waals surface area contributed by atoms with Gasteiger partial charge in [-0.15, -0.1) is 5.48 Å². The van der Waals surface area contributed by atoms with Crippen LogP contribution in [-0.2, 0) is 19.2 Å². The Labute approximate surface area is 117 Å². The number of likely N-dealkylation sites (tertiary alicyclic amines) is 1. The lowest BCUT2D eigenvalue weighted by Gasteiger charge is -2.27. The zero-order valence-electron chi connectivity index (χ0n) is 12.0. The van der Waals surface area contributed by atoms with Gasteiger partial charge < -0.3 is 15.3 Å². The predicted octanol–water partition coefficient (Wildman–Crippen LogP) is -0.0810. The number of carbonyl (C=O) groups excluding carboxylic acids is 3. The van der Waals surface area contributed by atoms with Crippen LogP contribution in [0.3, 0.4) is 0 Å². The van der Waals surface area contributed by atoms with E-state index in [0.29, 0.717) is 19.4 Å². The van der Waals surface area contributed by atoms with E-state index in [1.165, 1.54) is 4.90 Å². The third-order valence-corrected chi connectivity index (χ3v) is 2.57. The molecule has 0 radical (unpaired) electrons. The molecular weight excluding hydrogens is 266 g/mol. The van der Waals surface area contributed by atoms with Gasteiger partial charge in [-0.25, -0.2) is 9.59 Å². The molecule has 1 rings (SSSR count). The maximum absolute atomic E-state index is 12.0. The van der Waals surface area contributed by atoms with Gasteiger partial charge in [-0.05, 0) is 33.6 Å². The van der Waals surface area contributed by atoms with Crippen LogP contribution in [0.1, 0.15) is 33.6 Å². The molecule has 3 N–H and O–H groups in total. The average molecular weight is 287 g/mol. The van der Waals surface area contributed by atoms with Crippen LogP contribution >= 0.6 is 0 Å². The smallest absolute Gasteiger partial charge is 0.411 e. The molecule has 20 heavy (non-hydrogen) atoms. The summed E-state index contributed by atoms with van der Waals surface area (Å²) >= 11 is 0. The van der Waals surface area contributed by atoms with E-state index in [0.717, 1.165) is 0 Å². The predicted molar refractivity (Wildman–Crippen MR) is 69.3 cm³/mol. The second kappa shape index (κ2) is 6.56. The molecule has 1 aliphatic rings. The number of carbonyl (C=O) groups is 3. The van der Waals surface area contributed by atoms with Crippen LogP contribution in [0.4, 0.5) is 4.79 Å². The van der Waals surface area contributed by atoms with Crippen molar-refractivity contribution in [2.45, 2.75) is 45.3 Å². The number of hydrogen-bond acceptors (Lipinski definition) is 6. The molecule has 0 aromatic carbocycles. The number of nitrogens with zero attached hydrogens (tertiary/aromatic N) is 1. The molecular formula is C12H21N3O5. The van der Waals surface area contributed by atoms with Crippen LogP contribution in [0.25, 0.3) is 0 Å². The molecule has 8 nitrogen and oxygen atoms in total. The highest BCUT2D eigenvalue weighted by molar-refractivity contribution is 5.82. The summed E-state index contributed by atoms with van der Waals surface area (Å²) in [6.45, 7) is 5.42. The highest BCUT2D eigenvalue weighted by Gasteiger charge is 2.37. The van der Waals surface area contributed by atoms with E-state index in [1.54, 1.807) is 20.8 Å². The summed E-state index contributed by atoms with van der Waals surface area (Å²) < 4.78 is 5.23. The Morgan fingerprint density at radius 3 is 2.55 bits per heavy atom. The van der Waals surface area contributed by atoms with Crippen molar-refractivity contribution < 1.29 is 24.0 Å². The van der Waals surface area contributed by atoms with E-state index in [1.807, 2.05) is 0 Å². The molecule has 114 valence electrons. The molecule has 1 atom stereocenters. The normalized spacial score (nSPS) is 18.8. The number of hydroxylamine groups is 1. The molecule has 0 bridgehead atoms. The number of nitrogens with two attached hydrogens (primary N) is 1. The molecule has 0 aromatic rings. The van der Waals surface area contributed by atoms with E-state index in [4.69, 9.17) is 15.3 Å². The van der Waals surface area contributed by atoms with E-state index in [9.17, 15) is 14.4 Å². The molecule has 0 saturated carbocycles. The lowest BCUT2D eigenvalue weighted by atomic mass is 10.2. The van der Waals surface area contributed by atoms with Gasteiger partial charge in [0.05, 0.1) is 0 Å². The van der Waals surface area contributed by atoms with Crippen molar-refractivity contribution in [3.05, 3.63) is 0 Å². The van der Waals surface area contributed by atoms with Crippen molar-refractivity contribution >= 4 is 18.0 Å². The maximum atomic E-state index is 12.0. The van der Waals surface area contributed by atoms with Crippen molar-refractivity contribution in [1.29, 1.82) is 0 Å². The summed E-state index contributed by atoms with van der Waals surface area (Å²) in [4.78, 5) is 40.3. The maximum Gasteiger partial charge on any atom is 0.411 e. The van der Waals surface area contributed by atoms with Crippen molar-refractivity contribution in [2.24, 2.45) is 5.73 Å². The lowest BCUT2D eigenvalue weighted by Crippen LogP contribution is -2.45. The van der Waals surface area contributed by atoms with Crippen LogP contribution in [0.5, 0.6) is 0 Å². The molecule has 1 aliphatic heterocycles. The molecule has 0 spiro atoms. The zero-order valence-corrected chi connectivity index (χ0v) is 12.0. The van der Waals surface area contributed by atoms with Crippen molar-refractivity contribution in [1.82, 2.24) is 10.4 Å². The Bertz CT molecular complexity index is 391. The largest absolute Gasteiger partial charge is 0.444 e. The summed E-state index contributed by atoms with van der Waals surface area (Å²) in [6, 6.07) is -0.703. The minimum absolute atomic E-state index is 0.273. The first-order chi connectivity index (χ1) is 9.20. The van der Waals surface area contributed by atoms with Gasteiger partial charge in [0.25, 0.3) is 0 Å². The van der Waals surface area contributed by atoms with Gasteiger partial charge in [0.15, 0.2) is 0 Å². The second-order valence-corrected chi connectivity index (χ2v) is 5.54. The molecule has 1 saturated heterocycles. The molecule has 0 unspecified atom stereocenters. The second-order valence-electron chi connectivity index (χ2n) is 5.54. The summed E-state index contributed by atoms with van der Waals surface area (Å²) in [5.74, 6) is -1.28. The van der Waals surface area contributed by atoms with Crippen molar-refractivity contribution in [3.8, 4) is 0 Å². The minimum Gasteiger partial charge on any atom is -0.444 e. The highest BCUT2D eigenvalue weighted by Crippen LogP contribution is 2.21. The quantitative estimate of drug-likeness (QED) is 0.700. The number of nitrogens with one attached hydrogen (secondary N) is 1. The van der Waals surface area contributed by atoms with Crippen LogP contribution in [0, 0.1) is 0 Å². The summed E-state index contributed by atoms with van der Waals surface area (Å²) in [5, 5.41) is 0. The van der Waals surface area contributed by atoms with Gasteiger partial charge in [-0.2, -0.15) is 0 Å². The fourth-order valence-electron chi connectivity index (χ4n) is 1.80. The van der Waals surface area contributed by atoms with Crippen LogP contribution < -0.4 is 11.2 Å². The number of ether oxygens (including phenoxy) is 1. The van der Waals surface area contributed by atoms with E-state index < -0.39 is 29.6 Å². The number of rotatable bonds is 4. The molecule has 2 amide bonds. The zero-order chi connectivity index (χ0) is 15.3. The van der Waals surface area contributed by atoms with Gasteiger partial charge in [0.2, 0.25) is 5.91 Å². The van der Waals surface area contributed by atoms with Gasteiger partial charge in [0, 0.05) is 6.54 Å². The standard InChI is InChI=1S/C12H21N3O5/c1-12(2,3)19-11(18)15-6-4-5-8(15)10(17)20-14-7-9(13)16/h8,14H,4-7H2,1-3H3,(H2,13,16)/t8-/m1/s1. The fourth-order valence-corrected chi connectivity index (χ4v) is 1.80.